The average molecular weight is 259 g/mol. The molecule has 1 aromatic rings. The van der Waals surface area contributed by atoms with E-state index in [9.17, 15) is 9.59 Å². The zero-order valence-electron chi connectivity index (χ0n) is 9.25. The van der Waals surface area contributed by atoms with Gasteiger partial charge in [0.25, 0.3) is 0 Å². The quantitative estimate of drug-likeness (QED) is 0.677. The SMILES string of the molecule is CC(=O)NC(CCSCc1ncon1)C(=O)O. The van der Waals surface area contributed by atoms with E-state index >= 15 is 0 Å². The molecule has 8 heteroatoms. The van der Waals surface area contributed by atoms with Gasteiger partial charge >= 0.3 is 5.97 Å². The van der Waals surface area contributed by atoms with Gasteiger partial charge in [0.2, 0.25) is 12.3 Å². The first-order valence-corrected chi connectivity index (χ1v) is 6.08. The summed E-state index contributed by atoms with van der Waals surface area (Å²) in [6.45, 7) is 1.29. The third-order valence-corrected chi connectivity index (χ3v) is 2.85. The Morgan fingerprint density at radius 3 is 2.94 bits per heavy atom. The van der Waals surface area contributed by atoms with Crippen molar-refractivity contribution in [2.75, 3.05) is 5.75 Å². The van der Waals surface area contributed by atoms with Crippen molar-refractivity contribution in [3.63, 3.8) is 0 Å². The maximum Gasteiger partial charge on any atom is 0.326 e. The summed E-state index contributed by atoms with van der Waals surface area (Å²) < 4.78 is 4.56. The first-order valence-electron chi connectivity index (χ1n) is 4.92. The number of hydrogen-bond donors (Lipinski definition) is 2. The molecular weight excluding hydrogens is 246 g/mol. The number of carbonyl (C=O) groups is 2. The second kappa shape index (κ2) is 6.89. The zero-order valence-corrected chi connectivity index (χ0v) is 10.1. The highest BCUT2D eigenvalue weighted by Gasteiger charge is 2.17. The third-order valence-electron chi connectivity index (χ3n) is 1.86. The number of carboxylic acid groups (broad SMARTS) is 1. The van der Waals surface area contributed by atoms with Crippen LogP contribution in [0.2, 0.25) is 0 Å². The lowest BCUT2D eigenvalue weighted by molar-refractivity contribution is -0.141. The zero-order chi connectivity index (χ0) is 12.7. The van der Waals surface area contributed by atoms with Crippen molar-refractivity contribution in [1.82, 2.24) is 15.5 Å². The maximum atomic E-state index is 10.8. The number of aliphatic carboxylic acids is 1. The Labute approximate surface area is 102 Å². The summed E-state index contributed by atoms with van der Waals surface area (Å²) in [7, 11) is 0. The molecule has 1 rings (SSSR count). The van der Waals surface area contributed by atoms with Crippen LogP contribution in [0.15, 0.2) is 10.9 Å². The van der Waals surface area contributed by atoms with Crippen molar-refractivity contribution in [1.29, 1.82) is 0 Å². The second-order valence-electron chi connectivity index (χ2n) is 3.28. The Morgan fingerprint density at radius 1 is 1.65 bits per heavy atom. The lowest BCUT2D eigenvalue weighted by atomic mass is 10.2. The van der Waals surface area contributed by atoms with Crippen LogP contribution in [-0.4, -0.2) is 38.9 Å². The summed E-state index contributed by atoms with van der Waals surface area (Å²) in [4.78, 5) is 25.4. The van der Waals surface area contributed by atoms with Crippen LogP contribution in [0, 0.1) is 0 Å². The van der Waals surface area contributed by atoms with E-state index in [0.29, 0.717) is 23.8 Å². The molecule has 0 saturated carbocycles. The average Bonchev–Trinajstić information content (AvgIpc) is 2.74. The molecule has 0 aromatic carbocycles. The molecule has 1 aromatic heterocycles. The molecule has 0 spiro atoms. The van der Waals surface area contributed by atoms with Crippen molar-refractivity contribution >= 4 is 23.6 Å². The summed E-state index contributed by atoms with van der Waals surface area (Å²) in [6.07, 6.45) is 1.60. The second-order valence-corrected chi connectivity index (χ2v) is 4.39. The van der Waals surface area contributed by atoms with Gasteiger partial charge in [0, 0.05) is 6.92 Å². The van der Waals surface area contributed by atoms with Gasteiger partial charge < -0.3 is 14.9 Å². The first-order chi connectivity index (χ1) is 8.09. The number of amides is 1. The highest BCUT2D eigenvalue weighted by Crippen LogP contribution is 2.10. The van der Waals surface area contributed by atoms with Crippen LogP contribution < -0.4 is 5.32 Å². The molecule has 94 valence electrons. The minimum absolute atomic E-state index is 0.347. The molecule has 0 aliphatic heterocycles. The van der Waals surface area contributed by atoms with E-state index < -0.39 is 12.0 Å². The fourth-order valence-electron chi connectivity index (χ4n) is 1.12. The topological polar surface area (TPSA) is 105 Å². The number of thioether (sulfide) groups is 1. The van der Waals surface area contributed by atoms with Gasteiger partial charge in [-0.25, -0.2) is 4.79 Å². The third kappa shape index (κ3) is 5.34. The van der Waals surface area contributed by atoms with Crippen LogP contribution in [0.1, 0.15) is 19.2 Å². The van der Waals surface area contributed by atoms with Crippen molar-refractivity contribution in [3.8, 4) is 0 Å². The van der Waals surface area contributed by atoms with Crippen molar-refractivity contribution in [2.24, 2.45) is 0 Å². The molecule has 2 N–H and O–H groups in total. The largest absolute Gasteiger partial charge is 0.480 e. The number of hydrogen-bond acceptors (Lipinski definition) is 6. The van der Waals surface area contributed by atoms with Gasteiger partial charge in [-0.05, 0) is 12.2 Å². The minimum atomic E-state index is -1.03. The van der Waals surface area contributed by atoms with E-state index in [1.54, 1.807) is 0 Å². The molecular formula is C9H13N3O4S. The summed E-state index contributed by atoms with van der Waals surface area (Å²) in [5, 5.41) is 14.8. The molecule has 0 bridgehead atoms. The lowest BCUT2D eigenvalue weighted by Gasteiger charge is -2.12. The fraction of sp³-hybridized carbons (Fsp3) is 0.556. The van der Waals surface area contributed by atoms with Crippen LogP contribution in [0.25, 0.3) is 0 Å². The molecule has 1 heterocycles. The van der Waals surface area contributed by atoms with Gasteiger partial charge in [-0.3, -0.25) is 4.79 Å². The van der Waals surface area contributed by atoms with E-state index in [-0.39, 0.29) is 5.91 Å². The van der Waals surface area contributed by atoms with Gasteiger partial charge in [0.05, 0.1) is 5.75 Å². The molecule has 1 unspecified atom stereocenters. The fourth-order valence-corrected chi connectivity index (χ4v) is 1.98. The standard InChI is InChI=1S/C9H13N3O4S/c1-6(13)11-7(9(14)15)2-3-17-4-8-10-5-16-12-8/h5,7H,2-4H2,1H3,(H,11,13)(H,14,15). The Kier molecular flexibility index (Phi) is 5.47. The predicted octanol–water partition coefficient (Wildman–Crippen LogP) is 0.282. The molecule has 1 atom stereocenters. The maximum absolute atomic E-state index is 10.8. The lowest BCUT2D eigenvalue weighted by Crippen LogP contribution is -2.39. The minimum Gasteiger partial charge on any atom is -0.480 e. The Bertz CT molecular complexity index is 368. The summed E-state index contributed by atoms with van der Waals surface area (Å²) in [5.74, 6) is 0.344. The van der Waals surface area contributed by atoms with Crippen LogP contribution in [0.3, 0.4) is 0 Å². The molecule has 0 saturated heterocycles. The van der Waals surface area contributed by atoms with Crippen LogP contribution in [-0.2, 0) is 15.3 Å². The van der Waals surface area contributed by atoms with E-state index in [1.807, 2.05) is 0 Å². The molecule has 1 amide bonds. The van der Waals surface area contributed by atoms with Gasteiger partial charge in [0.1, 0.15) is 6.04 Å². The molecule has 0 aliphatic carbocycles. The van der Waals surface area contributed by atoms with E-state index in [1.165, 1.54) is 25.1 Å². The van der Waals surface area contributed by atoms with Gasteiger partial charge in [0.15, 0.2) is 5.82 Å². The molecule has 0 aliphatic rings. The monoisotopic (exact) mass is 259 g/mol. The van der Waals surface area contributed by atoms with Crippen LogP contribution in [0.5, 0.6) is 0 Å². The van der Waals surface area contributed by atoms with Gasteiger partial charge in [-0.1, -0.05) is 5.16 Å². The first kappa shape index (κ1) is 13.5. The van der Waals surface area contributed by atoms with Gasteiger partial charge in [-0.15, -0.1) is 0 Å². The molecule has 0 fully saturated rings. The number of aromatic nitrogens is 2. The van der Waals surface area contributed by atoms with Crippen LogP contribution in [0.4, 0.5) is 0 Å². The summed E-state index contributed by atoms with van der Waals surface area (Å²) >= 11 is 1.48. The Morgan fingerprint density at radius 2 is 2.41 bits per heavy atom. The number of nitrogens with zero attached hydrogens (tertiary/aromatic N) is 2. The normalized spacial score (nSPS) is 12.1. The van der Waals surface area contributed by atoms with E-state index in [0.717, 1.165) is 0 Å². The summed E-state index contributed by atoms with van der Waals surface area (Å²) in [6, 6.07) is -0.842. The Hall–Kier alpha value is -1.57. The van der Waals surface area contributed by atoms with Crippen LogP contribution >= 0.6 is 11.8 Å². The smallest absolute Gasteiger partial charge is 0.326 e. The van der Waals surface area contributed by atoms with Gasteiger partial charge in [-0.2, -0.15) is 16.7 Å². The number of rotatable bonds is 7. The number of carbonyl (C=O) groups excluding carboxylic acids is 1. The molecule has 17 heavy (non-hydrogen) atoms. The highest BCUT2D eigenvalue weighted by molar-refractivity contribution is 7.98. The number of nitrogens with one attached hydrogen (secondary N) is 1. The van der Waals surface area contributed by atoms with Crippen molar-refractivity contribution in [3.05, 3.63) is 12.2 Å². The predicted molar refractivity (Wildman–Crippen MR) is 60.3 cm³/mol. The highest BCUT2D eigenvalue weighted by atomic mass is 32.2. The molecule has 0 radical (unpaired) electrons. The van der Waals surface area contributed by atoms with E-state index in [4.69, 9.17) is 5.11 Å². The summed E-state index contributed by atoms with van der Waals surface area (Å²) in [5.41, 5.74) is 0. The molecule has 7 nitrogen and oxygen atoms in total. The number of carboxylic acids is 1. The van der Waals surface area contributed by atoms with E-state index in [2.05, 4.69) is 20.0 Å². The van der Waals surface area contributed by atoms with Crippen molar-refractivity contribution in [2.45, 2.75) is 25.1 Å². The van der Waals surface area contributed by atoms with Crippen molar-refractivity contribution < 1.29 is 19.2 Å². The Balaban J connectivity index is 2.23.